The molecule has 2 aromatic heterocycles. The summed E-state index contributed by atoms with van der Waals surface area (Å²) in [7, 11) is 0. The highest BCUT2D eigenvalue weighted by molar-refractivity contribution is 6.13. The number of nitrogens with zero attached hydrogens (tertiary/aromatic N) is 3. The van der Waals surface area contributed by atoms with Gasteiger partial charge >= 0.3 is 0 Å². The summed E-state index contributed by atoms with van der Waals surface area (Å²) in [5, 5.41) is 13.9. The number of rotatable bonds is 7. The fraction of sp³-hybridized carbons (Fsp3) is 0.310. The first-order valence-corrected chi connectivity index (χ1v) is 13.0. The molecule has 1 aliphatic carbocycles. The zero-order chi connectivity index (χ0) is 25.2. The van der Waals surface area contributed by atoms with Crippen molar-refractivity contribution >= 4 is 34.1 Å². The van der Waals surface area contributed by atoms with Gasteiger partial charge in [0.25, 0.3) is 5.91 Å². The van der Waals surface area contributed by atoms with E-state index >= 15 is 0 Å². The van der Waals surface area contributed by atoms with Crippen LogP contribution in [0.4, 0.5) is 11.4 Å². The molecule has 0 spiro atoms. The number of anilines is 2. The van der Waals surface area contributed by atoms with E-state index in [4.69, 9.17) is 0 Å². The molecule has 0 atom stereocenters. The van der Waals surface area contributed by atoms with E-state index in [1.54, 1.807) is 12.1 Å². The highest BCUT2D eigenvalue weighted by Crippen LogP contribution is 2.32. The molecule has 2 amide bonds. The number of hydrogen-bond acceptors (Lipinski definition) is 5. The standard InChI is InChI=1S/C29H30N6O2/c36-28(20-8-9-20)31-25-6-2-3-7-26(25)32-29(37)27-23-15-21(10-11-24(23)33-34-27)22-14-19(16-30-17-22)18-35-12-4-1-5-13-35/h2-3,6-7,10-11,14-17,20H,1,4-5,8-9,12-13,18H2,(H,31,36)(H,32,37)(H,33,34). The predicted octanol–water partition coefficient (Wildman–Crippen LogP) is 5.21. The van der Waals surface area contributed by atoms with E-state index in [1.165, 1.54) is 24.8 Å². The average Bonchev–Trinajstić information content (AvgIpc) is 3.69. The number of para-hydroxylation sites is 2. The Morgan fingerprint density at radius 2 is 1.70 bits per heavy atom. The zero-order valence-electron chi connectivity index (χ0n) is 20.7. The van der Waals surface area contributed by atoms with Crippen LogP contribution < -0.4 is 10.6 Å². The van der Waals surface area contributed by atoms with Gasteiger partial charge in [0.05, 0.1) is 16.9 Å². The molecule has 0 unspecified atom stereocenters. The number of aromatic nitrogens is 3. The Morgan fingerprint density at radius 3 is 2.49 bits per heavy atom. The molecule has 2 aromatic carbocycles. The molecule has 1 saturated heterocycles. The van der Waals surface area contributed by atoms with E-state index in [0.717, 1.165) is 54.5 Å². The lowest BCUT2D eigenvalue weighted by Crippen LogP contribution is -2.29. The predicted molar refractivity (Wildman–Crippen MR) is 144 cm³/mol. The van der Waals surface area contributed by atoms with Crippen LogP contribution in [0.1, 0.15) is 48.2 Å². The van der Waals surface area contributed by atoms with Gasteiger partial charge in [0.15, 0.2) is 5.69 Å². The van der Waals surface area contributed by atoms with Crippen LogP contribution in [0.2, 0.25) is 0 Å². The van der Waals surface area contributed by atoms with E-state index in [-0.39, 0.29) is 17.7 Å². The second kappa shape index (κ2) is 10.1. The molecule has 8 nitrogen and oxygen atoms in total. The van der Waals surface area contributed by atoms with E-state index < -0.39 is 0 Å². The van der Waals surface area contributed by atoms with Crippen LogP contribution in [0.15, 0.2) is 60.9 Å². The van der Waals surface area contributed by atoms with Gasteiger partial charge < -0.3 is 10.6 Å². The Morgan fingerprint density at radius 1 is 0.919 bits per heavy atom. The summed E-state index contributed by atoms with van der Waals surface area (Å²) in [5.41, 5.74) is 5.40. The molecule has 6 rings (SSSR count). The Bertz CT molecular complexity index is 1450. The van der Waals surface area contributed by atoms with Crippen molar-refractivity contribution in [3.05, 3.63) is 72.2 Å². The number of carbonyl (C=O) groups excluding carboxylic acids is 2. The number of pyridine rings is 1. The molecule has 3 N–H and O–H groups in total. The van der Waals surface area contributed by atoms with Gasteiger partial charge in [0, 0.05) is 35.8 Å². The molecule has 0 radical (unpaired) electrons. The number of aromatic amines is 1. The fourth-order valence-electron chi connectivity index (χ4n) is 4.94. The fourth-order valence-corrected chi connectivity index (χ4v) is 4.94. The van der Waals surface area contributed by atoms with Crippen LogP contribution in [0, 0.1) is 5.92 Å². The molecule has 8 heteroatoms. The van der Waals surface area contributed by atoms with Crippen molar-refractivity contribution in [1.29, 1.82) is 0 Å². The van der Waals surface area contributed by atoms with Gasteiger partial charge in [-0.1, -0.05) is 24.6 Å². The van der Waals surface area contributed by atoms with E-state index in [9.17, 15) is 9.59 Å². The smallest absolute Gasteiger partial charge is 0.276 e. The molecule has 1 aliphatic heterocycles. The van der Waals surface area contributed by atoms with Crippen molar-refractivity contribution < 1.29 is 9.59 Å². The van der Waals surface area contributed by atoms with Crippen molar-refractivity contribution in [2.75, 3.05) is 23.7 Å². The number of benzene rings is 2. The maximum Gasteiger partial charge on any atom is 0.276 e. The number of H-pyrrole nitrogens is 1. The Kier molecular flexibility index (Phi) is 6.40. The van der Waals surface area contributed by atoms with Crippen molar-refractivity contribution in [3.8, 4) is 11.1 Å². The van der Waals surface area contributed by atoms with Crippen LogP contribution in [0.25, 0.3) is 22.0 Å². The second-order valence-electron chi connectivity index (χ2n) is 10.0. The first kappa shape index (κ1) is 23.4. The third kappa shape index (κ3) is 5.24. The summed E-state index contributed by atoms with van der Waals surface area (Å²) in [6.07, 6.45) is 9.46. The summed E-state index contributed by atoms with van der Waals surface area (Å²) in [6, 6.07) is 15.4. The monoisotopic (exact) mass is 494 g/mol. The maximum absolute atomic E-state index is 13.3. The summed E-state index contributed by atoms with van der Waals surface area (Å²) in [6.45, 7) is 3.17. The highest BCUT2D eigenvalue weighted by atomic mass is 16.2. The van der Waals surface area contributed by atoms with E-state index in [2.05, 4.69) is 36.8 Å². The summed E-state index contributed by atoms with van der Waals surface area (Å²) in [5.74, 6) is -0.272. The minimum absolute atomic E-state index is 0.00677. The highest BCUT2D eigenvalue weighted by Gasteiger charge is 2.30. The van der Waals surface area contributed by atoms with Gasteiger partial charge in [0.1, 0.15) is 0 Å². The topological polar surface area (TPSA) is 103 Å². The number of amides is 2. The normalized spacial score (nSPS) is 16.0. The molecule has 2 fully saturated rings. The minimum atomic E-state index is -0.339. The summed E-state index contributed by atoms with van der Waals surface area (Å²) < 4.78 is 0. The van der Waals surface area contributed by atoms with Crippen LogP contribution >= 0.6 is 0 Å². The van der Waals surface area contributed by atoms with Crippen molar-refractivity contribution in [3.63, 3.8) is 0 Å². The third-order valence-corrected chi connectivity index (χ3v) is 7.14. The number of carbonyl (C=O) groups is 2. The second-order valence-corrected chi connectivity index (χ2v) is 10.0. The summed E-state index contributed by atoms with van der Waals surface area (Å²) in [4.78, 5) is 32.5. The van der Waals surface area contributed by atoms with Gasteiger partial charge in [-0.15, -0.1) is 0 Å². The lowest BCUT2D eigenvalue weighted by molar-refractivity contribution is -0.117. The quantitative estimate of drug-likeness (QED) is 0.327. The molecule has 188 valence electrons. The maximum atomic E-state index is 13.3. The number of piperidine rings is 1. The molecule has 2 aliphatic rings. The lowest BCUT2D eigenvalue weighted by Gasteiger charge is -2.26. The Labute approximate surface area is 215 Å². The first-order chi connectivity index (χ1) is 18.1. The number of likely N-dealkylation sites (tertiary alicyclic amines) is 1. The Balaban J connectivity index is 1.23. The van der Waals surface area contributed by atoms with Crippen LogP contribution in [-0.4, -0.2) is 45.0 Å². The van der Waals surface area contributed by atoms with Gasteiger partial charge in [-0.2, -0.15) is 5.10 Å². The molecule has 4 aromatic rings. The van der Waals surface area contributed by atoms with Crippen LogP contribution in [0.3, 0.4) is 0 Å². The molecule has 3 heterocycles. The lowest BCUT2D eigenvalue weighted by atomic mass is 10.0. The molecular weight excluding hydrogens is 464 g/mol. The van der Waals surface area contributed by atoms with Crippen molar-refractivity contribution in [2.45, 2.75) is 38.6 Å². The minimum Gasteiger partial charge on any atom is -0.324 e. The van der Waals surface area contributed by atoms with Crippen molar-refractivity contribution in [2.24, 2.45) is 5.92 Å². The average molecular weight is 495 g/mol. The molecule has 1 saturated carbocycles. The number of nitrogens with one attached hydrogen (secondary N) is 3. The van der Waals surface area contributed by atoms with Gasteiger partial charge in [0.2, 0.25) is 5.91 Å². The SMILES string of the molecule is O=C(Nc1ccccc1NC(=O)C1CC1)c1n[nH]c2ccc(-c3cncc(CN4CCCCC4)c3)cc12. The Hall–Kier alpha value is -4.04. The zero-order valence-corrected chi connectivity index (χ0v) is 20.7. The van der Waals surface area contributed by atoms with E-state index in [0.29, 0.717) is 17.1 Å². The van der Waals surface area contributed by atoms with E-state index in [1.807, 2.05) is 42.7 Å². The molecule has 37 heavy (non-hydrogen) atoms. The van der Waals surface area contributed by atoms with Crippen LogP contribution in [-0.2, 0) is 11.3 Å². The molecule has 0 bridgehead atoms. The van der Waals surface area contributed by atoms with Gasteiger partial charge in [-0.25, -0.2) is 0 Å². The third-order valence-electron chi connectivity index (χ3n) is 7.14. The number of fused-ring (bicyclic) bond motifs is 1. The number of hydrogen-bond donors (Lipinski definition) is 3. The van der Waals surface area contributed by atoms with Gasteiger partial charge in [-0.3, -0.25) is 24.6 Å². The van der Waals surface area contributed by atoms with Gasteiger partial charge in [-0.05, 0) is 80.2 Å². The summed E-state index contributed by atoms with van der Waals surface area (Å²) >= 11 is 0. The van der Waals surface area contributed by atoms with Crippen LogP contribution in [0.5, 0.6) is 0 Å². The molecular formula is C29H30N6O2. The van der Waals surface area contributed by atoms with Crippen molar-refractivity contribution in [1.82, 2.24) is 20.1 Å². The largest absolute Gasteiger partial charge is 0.324 e. The first-order valence-electron chi connectivity index (χ1n) is 13.0.